The first-order valence-corrected chi connectivity index (χ1v) is 7.00. The zero-order valence-electron chi connectivity index (χ0n) is 12.5. The second kappa shape index (κ2) is 9.15. The third-order valence-electron chi connectivity index (χ3n) is 2.99. The average Bonchev–Trinajstić information content (AvgIpc) is 2.49. The minimum absolute atomic E-state index is 0.0237. The largest absolute Gasteiger partial charge is 0.395 e. The molecule has 0 spiro atoms. The highest BCUT2D eigenvalue weighted by molar-refractivity contribution is 5.64. The molecule has 0 fully saturated rings. The predicted molar refractivity (Wildman–Crippen MR) is 83.1 cm³/mol. The number of aliphatic hydroxyl groups excluding tert-OH is 1. The Morgan fingerprint density at radius 2 is 2.14 bits per heavy atom. The van der Waals surface area contributed by atoms with Crippen LogP contribution in [0, 0.1) is 10.1 Å². The fourth-order valence-corrected chi connectivity index (χ4v) is 1.95. The molecule has 0 aliphatic carbocycles. The SMILES string of the molecule is CCCNc1cc(N(CCO)CCOC)cc([N+](=O)[O-])c1. The molecule has 0 atom stereocenters. The summed E-state index contributed by atoms with van der Waals surface area (Å²) < 4.78 is 5.04. The molecule has 0 aromatic heterocycles. The predicted octanol–water partition coefficient (Wildman–Crippen LogP) is 1.86. The lowest BCUT2D eigenvalue weighted by Gasteiger charge is -2.24. The molecule has 2 N–H and O–H groups in total. The molecule has 0 unspecified atom stereocenters. The van der Waals surface area contributed by atoms with E-state index in [1.165, 1.54) is 12.1 Å². The van der Waals surface area contributed by atoms with Crippen molar-refractivity contribution in [1.29, 1.82) is 0 Å². The van der Waals surface area contributed by atoms with Crippen LogP contribution in [0.3, 0.4) is 0 Å². The van der Waals surface area contributed by atoms with E-state index in [1.807, 2.05) is 17.9 Å². The van der Waals surface area contributed by atoms with Crippen molar-refractivity contribution in [2.45, 2.75) is 13.3 Å². The minimum atomic E-state index is -0.409. The van der Waals surface area contributed by atoms with E-state index in [0.717, 1.165) is 13.0 Å². The smallest absolute Gasteiger partial charge is 0.273 e. The van der Waals surface area contributed by atoms with Crippen molar-refractivity contribution in [2.75, 3.05) is 50.2 Å². The molecule has 7 nitrogen and oxygen atoms in total. The van der Waals surface area contributed by atoms with Crippen LogP contribution in [0.4, 0.5) is 17.1 Å². The number of benzene rings is 1. The van der Waals surface area contributed by atoms with Crippen molar-refractivity contribution in [1.82, 2.24) is 0 Å². The number of anilines is 2. The summed E-state index contributed by atoms with van der Waals surface area (Å²) in [4.78, 5) is 12.5. The van der Waals surface area contributed by atoms with Crippen LogP contribution >= 0.6 is 0 Å². The van der Waals surface area contributed by atoms with Crippen LogP contribution in [-0.2, 0) is 4.74 Å². The molecule has 0 heterocycles. The van der Waals surface area contributed by atoms with Gasteiger partial charge in [0.05, 0.1) is 18.1 Å². The van der Waals surface area contributed by atoms with Crippen molar-refractivity contribution < 1.29 is 14.8 Å². The average molecular weight is 297 g/mol. The Hall–Kier alpha value is -1.86. The quantitative estimate of drug-likeness (QED) is 0.506. The Labute approximate surface area is 124 Å². The van der Waals surface area contributed by atoms with Gasteiger partial charge in [0.15, 0.2) is 0 Å². The monoisotopic (exact) mass is 297 g/mol. The number of hydrogen-bond acceptors (Lipinski definition) is 6. The van der Waals surface area contributed by atoms with Gasteiger partial charge < -0.3 is 20.1 Å². The fraction of sp³-hybridized carbons (Fsp3) is 0.571. The number of nitrogens with one attached hydrogen (secondary N) is 1. The van der Waals surface area contributed by atoms with Gasteiger partial charge in [-0.05, 0) is 12.5 Å². The third kappa shape index (κ3) is 5.57. The van der Waals surface area contributed by atoms with E-state index in [9.17, 15) is 10.1 Å². The number of hydrogen-bond donors (Lipinski definition) is 2. The second-order valence-electron chi connectivity index (χ2n) is 4.63. The Morgan fingerprint density at radius 1 is 1.38 bits per heavy atom. The molecular formula is C14H23N3O4. The molecule has 0 aliphatic heterocycles. The molecule has 1 aromatic carbocycles. The lowest BCUT2D eigenvalue weighted by molar-refractivity contribution is -0.384. The summed E-state index contributed by atoms with van der Waals surface area (Å²) in [5, 5.41) is 23.4. The topological polar surface area (TPSA) is 87.9 Å². The number of aliphatic hydroxyl groups is 1. The number of nitro groups is 1. The number of rotatable bonds is 10. The van der Waals surface area contributed by atoms with Crippen molar-refractivity contribution in [3.05, 3.63) is 28.3 Å². The van der Waals surface area contributed by atoms with Crippen molar-refractivity contribution in [3.63, 3.8) is 0 Å². The van der Waals surface area contributed by atoms with E-state index in [0.29, 0.717) is 31.1 Å². The van der Waals surface area contributed by atoms with Crippen molar-refractivity contribution in [2.24, 2.45) is 0 Å². The number of methoxy groups -OCH3 is 1. The normalized spacial score (nSPS) is 10.4. The van der Waals surface area contributed by atoms with Crippen LogP contribution in [0.5, 0.6) is 0 Å². The first kappa shape index (κ1) is 17.2. The standard InChI is InChI=1S/C14H23N3O4/c1-3-4-15-12-9-13(11-14(10-12)17(19)20)16(5-7-18)6-8-21-2/h9-11,15,18H,3-8H2,1-2H3. The van der Waals surface area contributed by atoms with Gasteiger partial charge in [-0.25, -0.2) is 0 Å². The molecule has 1 rings (SSSR count). The van der Waals surface area contributed by atoms with Crippen molar-refractivity contribution >= 4 is 17.1 Å². The lowest BCUT2D eigenvalue weighted by atomic mass is 10.2. The molecule has 0 bridgehead atoms. The summed E-state index contributed by atoms with van der Waals surface area (Å²) in [6.07, 6.45) is 0.933. The van der Waals surface area contributed by atoms with Gasteiger partial charge in [-0.3, -0.25) is 10.1 Å². The molecule has 118 valence electrons. The Kier molecular flexibility index (Phi) is 7.49. The number of nitro benzene ring substituents is 1. The molecule has 0 radical (unpaired) electrons. The van der Waals surface area contributed by atoms with Gasteiger partial charge in [0.25, 0.3) is 5.69 Å². The maximum absolute atomic E-state index is 11.1. The minimum Gasteiger partial charge on any atom is -0.395 e. The van der Waals surface area contributed by atoms with E-state index in [2.05, 4.69) is 5.32 Å². The molecule has 0 saturated carbocycles. The maximum Gasteiger partial charge on any atom is 0.273 e. The van der Waals surface area contributed by atoms with Crippen LogP contribution in [0.25, 0.3) is 0 Å². The van der Waals surface area contributed by atoms with Crippen LogP contribution in [0.15, 0.2) is 18.2 Å². The van der Waals surface area contributed by atoms with Crippen LogP contribution in [-0.4, -0.2) is 50.0 Å². The first-order chi connectivity index (χ1) is 10.1. The molecule has 0 aliphatic rings. The highest BCUT2D eigenvalue weighted by Crippen LogP contribution is 2.27. The molecular weight excluding hydrogens is 274 g/mol. The fourth-order valence-electron chi connectivity index (χ4n) is 1.95. The molecule has 21 heavy (non-hydrogen) atoms. The highest BCUT2D eigenvalue weighted by atomic mass is 16.6. The third-order valence-corrected chi connectivity index (χ3v) is 2.99. The maximum atomic E-state index is 11.1. The van der Waals surface area contributed by atoms with Gasteiger partial charge in [-0.15, -0.1) is 0 Å². The highest BCUT2D eigenvalue weighted by Gasteiger charge is 2.14. The van der Waals surface area contributed by atoms with Gasteiger partial charge in [-0.2, -0.15) is 0 Å². The van der Waals surface area contributed by atoms with Gasteiger partial charge >= 0.3 is 0 Å². The zero-order chi connectivity index (χ0) is 15.7. The second-order valence-corrected chi connectivity index (χ2v) is 4.63. The van der Waals surface area contributed by atoms with Gasteiger partial charge in [0.1, 0.15) is 0 Å². The summed E-state index contributed by atoms with van der Waals surface area (Å²) in [5.41, 5.74) is 1.45. The van der Waals surface area contributed by atoms with E-state index < -0.39 is 4.92 Å². The lowest BCUT2D eigenvalue weighted by Crippen LogP contribution is -2.30. The molecule has 7 heteroatoms. The first-order valence-electron chi connectivity index (χ1n) is 7.00. The number of ether oxygens (including phenoxy) is 1. The molecule has 0 amide bonds. The van der Waals surface area contributed by atoms with Crippen LogP contribution in [0.1, 0.15) is 13.3 Å². The van der Waals surface area contributed by atoms with E-state index in [1.54, 1.807) is 7.11 Å². The Balaban J connectivity index is 3.05. The summed E-state index contributed by atoms with van der Waals surface area (Å²) in [6, 6.07) is 4.89. The van der Waals surface area contributed by atoms with E-state index in [4.69, 9.17) is 9.84 Å². The number of nitrogens with zero attached hydrogens (tertiary/aromatic N) is 2. The summed E-state index contributed by atoms with van der Waals surface area (Å²) >= 11 is 0. The zero-order valence-corrected chi connectivity index (χ0v) is 12.5. The molecule has 1 aromatic rings. The van der Waals surface area contributed by atoms with Gasteiger partial charge in [0.2, 0.25) is 0 Å². The Bertz CT molecular complexity index is 454. The number of non-ortho nitro benzene ring substituents is 1. The Morgan fingerprint density at radius 3 is 2.71 bits per heavy atom. The van der Waals surface area contributed by atoms with Crippen molar-refractivity contribution in [3.8, 4) is 0 Å². The summed E-state index contributed by atoms with van der Waals surface area (Å²) in [5.74, 6) is 0. The van der Waals surface area contributed by atoms with Gasteiger partial charge in [-0.1, -0.05) is 6.92 Å². The van der Waals surface area contributed by atoms with E-state index in [-0.39, 0.29) is 12.3 Å². The summed E-state index contributed by atoms with van der Waals surface area (Å²) in [7, 11) is 1.60. The molecule has 0 saturated heterocycles. The van der Waals surface area contributed by atoms with Crippen LogP contribution < -0.4 is 10.2 Å². The van der Waals surface area contributed by atoms with E-state index >= 15 is 0 Å². The van der Waals surface area contributed by atoms with Gasteiger partial charge in [0, 0.05) is 50.3 Å². The summed E-state index contributed by atoms with van der Waals surface area (Å²) in [6.45, 7) is 4.20. The van der Waals surface area contributed by atoms with Crippen LogP contribution in [0.2, 0.25) is 0 Å².